The van der Waals surface area contributed by atoms with Crippen LogP contribution in [0.4, 0.5) is 0 Å². The first-order valence-electron chi connectivity index (χ1n) is 8.27. The lowest BCUT2D eigenvalue weighted by Crippen LogP contribution is -2.16. The monoisotopic (exact) mass is 306 g/mol. The van der Waals surface area contributed by atoms with Gasteiger partial charge < -0.3 is 14.6 Å². The second-order valence-corrected chi connectivity index (χ2v) is 5.95. The molecule has 2 aliphatic rings. The van der Waals surface area contributed by atoms with Crippen molar-refractivity contribution in [1.82, 2.24) is 0 Å². The first-order chi connectivity index (χ1) is 10.6. The largest absolute Gasteiger partial charge is 0.478 e. The van der Waals surface area contributed by atoms with E-state index in [2.05, 4.69) is 18.7 Å². The molecule has 0 radical (unpaired) electrons. The summed E-state index contributed by atoms with van der Waals surface area (Å²) in [5.41, 5.74) is 0.274. The van der Waals surface area contributed by atoms with Gasteiger partial charge in [0.2, 0.25) is 6.29 Å². The SMILES string of the molecule is C=C(CCCCC(OC1=CCCC1)OC1=CCCC1)C(=O)O. The van der Waals surface area contributed by atoms with Crippen molar-refractivity contribution in [3.63, 3.8) is 0 Å². The first kappa shape index (κ1) is 16.7. The minimum Gasteiger partial charge on any atom is -0.478 e. The lowest BCUT2D eigenvalue weighted by atomic mass is 10.1. The van der Waals surface area contributed by atoms with Crippen LogP contribution in [0, 0.1) is 0 Å². The van der Waals surface area contributed by atoms with Gasteiger partial charge in [-0.2, -0.15) is 0 Å². The molecule has 2 rings (SSSR count). The van der Waals surface area contributed by atoms with Gasteiger partial charge in [0.25, 0.3) is 0 Å². The van der Waals surface area contributed by atoms with Crippen LogP contribution in [-0.2, 0) is 14.3 Å². The van der Waals surface area contributed by atoms with E-state index in [1.54, 1.807) is 0 Å². The number of carboxylic acids is 1. The summed E-state index contributed by atoms with van der Waals surface area (Å²) in [4.78, 5) is 10.7. The molecule has 0 bridgehead atoms. The van der Waals surface area contributed by atoms with Gasteiger partial charge in [-0.3, -0.25) is 0 Å². The Kier molecular flexibility index (Phi) is 6.56. The number of carboxylic acid groups (broad SMARTS) is 1. The van der Waals surface area contributed by atoms with Crippen LogP contribution in [0.5, 0.6) is 0 Å². The van der Waals surface area contributed by atoms with E-state index in [1.807, 2.05) is 0 Å². The fraction of sp³-hybridized carbons (Fsp3) is 0.611. The topological polar surface area (TPSA) is 55.8 Å². The van der Waals surface area contributed by atoms with E-state index < -0.39 is 5.97 Å². The zero-order valence-electron chi connectivity index (χ0n) is 13.2. The number of allylic oxidation sites excluding steroid dienone is 4. The number of unbranched alkanes of at least 4 members (excludes halogenated alkanes) is 1. The third-order valence-corrected chi connectivity index (χ3v) is 4.04. The molecule has 0 fully saturated rings. The molecule has 0 amide bonds. The fourth-order valence-corrected chi connectivity index (χ4v) is 2.73. The molecule has 22 heavy (non-hydrogen) atoms. The lowest BCUT2D eigenvalue weighted by Gasteiger charge is -2.22. The Morgan fingerprint density at radius 1 is 1.14 bits per heavy atom. The van der Waals surface area contributed by atoms with Crippen LogP contribution in [0.25, 0.3) is 0 Å². The maximum Gasteiger partial charge on any atom is 0.330 e. The summed E-state index contributed by atoms with van der Waals surface area (Å²) in [5.74, 6) is 1.17. The summed E-state index contributed by atoms with van der Waals surface area (Å²) >= 11 is 0. The Bertz CT molecular complexity index is 436. The number of hydrogen-bond donors (Lipinski definition) is 1. The van der Waals surface area contributed by atoms with Gasteiger partial charge in [0.15, 0.2) is 0 Å². The van der Waals surface area contributed by atoms with Crippen LogP contribution in [0.15, 0.2) is 35.8 Å². The van der Waals surface area contributed by atoms with Crippen molar-refractivity contribution < 1.29 is 19.4 Å². The fourth-order valence-electron chi connectivity index (χ4n) is 2.73. The van der Waals surface area contributed by atoms with E-state index >= 15 is 0 Å². The van der Waals surface area contributed by atoms with Crippen LogP contribution in [0.1, 0.15) is 64.2 Å². The summed E-state index contributed by atoms with van der Waals surface area (Å²) in [6.45, 7) is 3.56. The molecule has 0 aromatic heterocycles. The van der Waals surface area contributed by atoms with E-state index in [-0.39, 0.29) is 11.9 Å². The summed E-state index contributed by atoms with van der Waals surface area (Å²) in [6, 6.07) is 0. The average Bonchev–Trinajstić information content (AvgIpc) is 3.16. The predicted octanol–water partition coefficient (Wildman–Crippen LogP) is 4.68. The predicted molar refractivity (Wildman–Crippen MR) is 85.1 cm³/mol. The standard InChI is InChI=1S/C18H26O4/c1-14(18(19)20)8-2-7-13-17(21-15-9-3-4-10-15)22-16-11-5-6-12-16/h9,11,17H,1-8,10,12-13H2,(H,19,20). The molecule has 0 spiro atoms. The molecular weight excluding hydrogens is 280 g/mol. The van der Waals surface area contributed by atoms with Gasteiger partial charge in [0.05, 0.1) is 11.5 Å². The Hall–Kier alpha value is -1.71. The van der Waals surface area contributed by atoms with Crippen molar-refractivity contribution in [1.29, 1.82) is 0 Å². The smallest absolute Gasteiger partial charge is 0.330 e. The molecule has 0 unspecified atom stereocenters. The molecule has 122 valence electrons. The van der Waals surface area contributed by atoms with E-state index in [1.165, 1.54) is 0 Å². The maximum absolute atomic E-state index is 10.7. The summed E-state index contributed by atoms with van der Waals surface area (Å²) in [7, 11) is 0. The molecule has 1 N–H and O–H groups in total. The van der Waals surface area contributed by atoms with Gasteiger partial charge in [0, 0.05) is 24.8 Å². The minimum atomic E-state index is -0.906. The average molecular weight is 306 g/mol. The Balaban J connectivity index is 1.76. The Morgan fingerprint density at radius 3 is 2.18 bits per heavy atom. The van der Waals surface area contributed by atoms with Crippen molar-refractivity contribution >= 4 is 5.97 Å². The molecule has 0 saturated heterocycles. The number of carbonyl (C=O) groups is 1. The van der Waals surface area contributed by atoms with Gasteiger partial charge in [-0.05, 0) is 57.1 Å². The van der Waals surface area contributed by atoms with E-state index in [0.717, 1.165) is 69.3 Å². The lowest BCUT2D eigenvalue weighted by molar-refractivity contribution is -0.132. The van der Waals surface area contributed by atoms with Gasteiger partial charge in [-0.15, -0.1) is 0 Å². The second-order valence-electron chi connectivity index (χ2n) is 5.95. The minimum absolute atomic E-state index is 0.244. The van der Waals surface area contributed by atoms with Crippen molar-refractivity contribution in [2.24, 2.45) is 0 Å². The van der Waals surface area contributed by atoms with Gasteiger partial charge >= 0.3 is 5.97 Å². The highest BCUT2D eigenvalue weighted by Gasteiger charge is 2.18. The second kappa shape index (κ2) is 8.66. The quantitative estimate of drug-likeness (QED) is 0.361. The Morgan fingerprint density at radius 2 is 1.73 bits per heavy atom. The molecule has 0 aromatic carbocycles. The number of aliphatic carboxylic acids is 1. The van der Waals surface area contributed by atoms with Crippen LogP contribution in [0.2, 0.25) is 0 Å². The van der Waals surface area contributed by atoms with E-state index in [9.17, 15) is 4.79 Å². The van der Waals surface area contributed by atoms with Gasteiger partial charge in [-0.25, -0.2) is 4.79 Å². The third kappa shape index (κ3) is 5.58. The van der Waals surface area contributed by atoms with Crippen molar-refractivity contribution in [3.8, 4) is 0 Å². The molecule has 4 nitrogen and oxygen atoms in total. The summed E-state index contributed by atoms with van der Waals surface area (Å²) in [6.07, 6.45) is 13.5. The first-order valence-corrected chi connectivity index (χ1v) is 8.27. The zero-order valence-corrected chi connectivity index (χ0v) is 13.2. The molecule has 0 aliphatic heterocycles. The van der Waals surface area contributed by atoms with E-state index in [0.29, 0.717) is 6.42 Å². The highest BCUT2D eigenvalue weighted by atomic mass is 16.7. The van der Waals surface area contributed by atoms with Crippen molar-refractivity contribution in [2.45, 2.75) is 70.5 Å². The van der Waals surface area contributed by atoms with Crippen molar-refractivity contribution in [3.05, 3.63) is 35.8 Å². The summed E-state index contributed by atoms with van der Waals surface area (Å²) < 4.78 is 12.0. The van der Waals surface area contributed by atoms with Crippen molar-refractivity contribution in [2.75, 3.05) is 0 Å². The summed E-state index contributed by atoms with van der Waals surface area (Å²) in [5, 5.41) is 8.81. The highest BCUT2D eigenvalue weighted by Crippen LogP contribution is 2.27. The molecule has 4 heteroatoms. The highest BCUT2D eigenvalue weighted by molar-refractivity contribution is 5.85. The van der Waals surface area contributed by atoms with Crippen LogP contribution in [-0.4, -0.2) is 17.4 Å². The molecular formula is C18H26O4. The number of rotatable bonds is 10. The zero-order chi connectivity index (χ0) is 15.8. The molecule has 0 saturated carbocycles. The van der Waals surface area contributed by atoms with Crippen LogP contribution < -0.4 is 0 Å². The molecule has 2 aliphatic carbocycles. The van der Waals surface area contributed by atoms with Gasteiger partial charge in [-0.1, -0.05) is 6.58 Å². The van der Waals surface area contributed by atoms with Gasteiger partial charge in [0.1, 0.15) is 0 Å². The third-order valence-electron chi connectivity index (χ3n) is 4.04. The molecule has 0 heterocycles. The van der Waals surface area contributed by atoms with Crippen LogP contribution in [0.3, 0.4) is 0 Å². The molecule has 0 aromatic rings. The normalized spacial score (nSPS) is 17.3. The molecule has 0 atom stereocenters. The Labute approximate surface area is 132 Å². The maximum atomic E-state index is 10.7. The number of ether oxygens (including phenoxy) is 2. The van der Waals surface area contributed by atoms with Crippen LogP contribution >= 0.6 is 0 Å². The number of hydrogen-bond acceptors (Lipinski definition) is 3. The van der Waals surface area contributed by atoms with E-state index in [4.69, 9.17) is 14.6 Å².